The Morgan fingerprint density at radius 3 is 0.407 bits per heavy atom. The van der Waals surface area contributed by atoms with Crippen LogP contribution >= 0.6 is 0 Å². The lowest BCUT2D eigenvalue weighted by molar-refractivity contribution is -0.138. The standard InChI is InChI=1S/2C18H36O2.C17H34O2/c2*1-2-3-4-5-6-7-8-9-10-11-12-13-14-15-16-17-18(19)20;1-2-3-4-5-6-7-8-9-10-11-12-13-14-15-16-17(18)19/h2*2-17H2,1H3,(H,19,20);2-16H2,1H3,(H,18,19). The number of rotatable bonds is 47. The summed E-state index contributed by atoms with van der Waals surface area (Å²) < 4.78 is 0. The molecule has 59 heavy (non-hydrogen) atoms. The van der Waals surface area contributed by atoms with Gasteiger partial charge in [-0.1, -0.05) is 284 Å². The van der Waals surface area contributed by atoms with Crippen molar-refractivity contribution in [2.75, 3.05) is 0 Å². The second kappa shape index (κ2) is 58.5. The van der Waals surface area contributed by atoms with E-state index >= 15 is 0 Å². The lowest BCUT2D eigenvalue weighted by Crippen LogP contribution is -1.93. The smallest absolute Gasteiger partial charge is 0.303 e. The van der Waals surface area contributed by atoms with E-state index in [0.29, 0.717) is 19.3 Å². The summed E-state index contributed by atoms with van der Waals surface area (Å²) in [4.78, 5) is 31.0. The molecule has 0 radical (unpaired) electrons. The second-order valence-electron chi connectivity index (χ2n) is 17.9. The molecule has 354 valence electrons. The molecule has 0 saturated heterocycles. The summed E-state index contributed by atoms with van der Waals surface area (Å²) in [5, 5.41) is 25.5. The molecule has 0 fully saturated rings. The van der Waals surface area contributed by atoms with E-state index in [1.165, 1.54) is 244 Å². The highest BCUT2D eigenvalue weighted by atomic mass is 16.4. The van der Waals surface area contributed by atoms with Crippen molar-refractivity contribution in [3.8, 4) is 0 Å². The van der Waals surface area contributed by atoms with Gasteiger partial charge in [0, 0.05) is 19.3 Å². The van der Waals surface area contributed by atoms with Crippen molar-refractivity contribution in [2.45, 2.75) is 323 Å². The third kappa shape index (κ3) is 71.3. The molecule has 0 rings (SSSR count). The van der Waals surface area contributed by atoms with Crippen LogP contribution in [0.1, 0.15) is 323 Å². The van der Waals surface area contributed by atoms with E-state index < -0.39 is 17.9 Å². The first kappa shape index (κ1) is 61.7. The second-order valence-corrected chi connectivity index (χ2v) is 17.9. The zero-order valence-corrected chi connectivity index (χ0v) is 40.3. The van der Waals surface area contributed by atoms with E-state index in [9.17, 15) is 14.4 Å². The predicted molar refractivity (Wildman–Crippen MR) is 257 cm³/mol. The molecule has 0 aliphatic heterocycles. The highest BCUT2D eigenvalue weighted by molar-refractivity contribution is 5.67. The van der Waals surface area contributed by atoms with E-state index in [4.69, 9.17) is 15.3 Å². The molecule has 6 heteroatoms. The molecule has 0 heterocycles. The lowest BCUT2D eigenvalue weighted by Gasteiger charge is -2.03. The van der Waals surface area contributed by atoms with Crippen LogP contribution in [0.3, 0.4) is 0 Å². The Kier molecular flexibility index (Phi) is 61.2. The number of unbranched alkanes of at least 4 members (excludes halogenated alkanes) is 41. The van der Waals surface area contributed by atoms with Gasteiger partial charge in [0.1, 0.15) is 0 Å². The summed E-state index contributed by atoms with van der Waals surface area (Å²) in [7, 11) is 0. The first-order valence-corrected chi connectivity index (χ1v) is 26.5. The maximum Gasteiger partial charge on any atom is 0.303 e. The molecular weight excluding hydrogens is 733 g/mol. The van der Waals surface area contributed by atoms with Crippen molar-refractivity contribution in [3.05, 3.63) is 0 Å². The zero-order chi connectivity index (χ0) is 44.0. The fraction of sp³-hybridized carbons (Fsp3) is 0.943. The van der Waals surface area contributed by atoms with Crippen LogP contribution in [0.2, 0.25) is 0 Å². The van der Waals surface area contributed by atoms with Gasteiger partial charge in [0.05, 0.1) is 0 Å². The van der Waals surface area contributed by atoms with Gasteiger partial charge < -0.3 is 15.3 Å². The van der Waals surface area contributed by atoms with Gasteiger partial charge in [-0.05, 0) is 19.3 Å². The molecule has 0 aliphatic rings. The van der Waals surface area contributed by atoms with Crippen LogP contribution < -0.4 is 0 Å². The van der Waals surface area contributed by atoms with Gasteiger partial charge in [-0.25, -0.2) is 0 Å². The Hall–Kier alpha value is -1.59. The van der Waals surface area contributed by atoms with E-state index in [0.717, 1.165) is 38.5 Å². The normalized spacial score (nSPS) is 10.8. The summed E-state index contributed by atoms with van der Waals surface area (Å²) in [5.74, 6) is -1.96. The van der Waals surface area contributed by atoms with Crippen LogP contribution in [-0.2, 0) is 14.4 Å². The molecular formula is C53H106O6. The molecule has 0 unspecified atom stereocenters. The quantitative estimate of drug-likeness (QED) is 0.0526. The number of hydrogen-bond donors (Lipinski definition) is 3. The largest absolute Gasteiger partial charge is 0.481 e. The van der Waals surface area contributed by atoms with Gasteiger partial charge in [0.25, 0.3) is 0 Å². The van der Waals surface area contributed by atoms with Crippen molar-refractivity contribution in [1.29, 1.82) is 0 Å². The van der Waals surface area contributed by atoms with Gasteiger partial charge >= 0.3 is 17.9 Å². The Morgan fingerprint density at radius 2 is 0.305 bits per heavy atom. The third-order valence-electron chi connectivity index (χ3n) is 11.7. The van der Waals surface area contributed by atoms with E-state index in [1.807, 2.05) is 0 Å². The number of aliphatic carboxylic acids is 3. The van der Waals surface area contributed by atoms with Crippen LogP contribution in [0, 0.1) is 0 Å². The highest BCUT2D eigenvalue weighted by Crippen LogP contribution is 2.16. The van der Waals surface area contributed by atoms with Crippen molar-refractivity contribution in [1.82, 2.24) is 0 Å². The predicted octanol–water partition coefficient (Wildman–Crippen LogP) is 18.6. The fourth-order valence-corrected chi connectivity index (χ4v) is 7.77. The molecule has 0 atom stereocenters. The molecule has 6 nitrogen and oxygen atoms in total. The maximum atomic E-state index is 10.3. The topological polar surface area (TPSA) is 112 Å². The maximum absolute atomic E-state index is 10.3. The monoisotopic (exact) mass is 839 g/mol. The van der Waals surface area contributed by atoms with E-state index in [-0.39, 0.29) is 0 Å². The molecule has 0 aromatic carbocycles. The molecule has 3 N–H and O–H groups in total. The summed E-state index contributed by atoms with van der Waals surface area (Å²) in [6.07, 6.45) is 59.1. The van der Waals surface area contributed by atoms with Gasteiger partial charge in [0.2, 0.25) is 0 Å². The minimum atomic E-state index is -0.654. The third-order valence-corrected chi connectivity index (χ3v) is 11.7. The number of carboxylic acids is 3. The Morgan fingerprint density at radius 1 is 0.203 bits per heavy atom. The highest BCUT2D eigenvalue weighted by Gasteiger charge is 2.00. The number of carboxylic acid groups (broad SMARTS) is 3. The SMILES string of the molecule is CCCCCCCCCCCCCCCCC(=O)O.CCCCCCCCCCCCCCCCCC(=O)O.CCCCCCCCCCCCCCCCCC(=O)O. The van der Waals surface area contributed by atoms with Gasteiger partial charge in [-0.15, -0.1) is 0 Å². The first-order chi connectivity index (χ1) is 28.8. The molecule has 0 bridgehead atoms. The van der Waals surface area contributed by atoms with E-state index in [2.05, 4.69) is 20.8 Å². The number of hydrogen-bond acceptors (Lipinski definition) is 3. The molecule has 0 saturated carbocycles. The Balaban J connectivity index is -0.000000798. The van der Waals surface area contributed by atoms with Crippen molar-refractivity contribution >= 4 is 17.9 Å². The van der Waals surface area contributed by atoms with Crippen LogP contribution in [-0.4, -0.2) is 33.2 Å². The summed E-state index contributed by atoms with van der Waals surface area (Å²) in [6, 6.07) is 0. The molecule has 0 amide bonds. The lowest BCUT2D eigenvalue weighted by atomic mass is 10.0. The molecule has 0 spiro atoms. The molecule has 0 aromatic rings. The fourth-order valence-electron chi connectivity index (χ4n) is 7.77. The van der Waals surface area contributed by atoms with E-state index in [1.54, 1.807) is 0 Å². The summed E-state index contributed by atoms with van der Waals surface area (Å²) >= 11 is 0. The van der Waals surface area contributed by atoms with Crippen LogP contribution in [0.15, 0.2) is 0 Å². The van der Waals surface area contributed by atoms with Crippen LogP contribution in [0.25, 0.3) is 0 Å². The van der Waals surface area contributed by atoms with Crippen molar-refractivity contribution < 1.29 is 29.7 Å². The minimum Gasteiger partial charge on any atom is -0.481 e. The van der Waals surface area contributed by atoms with Gasteiger partial charge in [-0.3, -0.25) is 14.4 Å². The summed E-state index contributed by atoms with van der Waals surface area (Å²) in [6.45, 7) is 6.81. The Labute approximate surface area is 369 Å². The van der Waals surface area contributed by atoms with Crippen LogP contribution in [0.5, 0.6) is 0 Å². The van der Waals surface area contributed by atoms with Crippen molar-refractivity contribution in [3.63, 3.8) is 0 Å². The minimum absolute atomic E-state index is 0.345. The van der Waals surface area contributed by atoms with Gasteiger partial charge in [0.15, 0.2) is 0 Å². The summed E-state index contributed by atoms with van der Waals surface area (Å²) in [5.41, 5.74) is 0. The zero-order valence-electron chi connectivity index (χ0n) is 40.3. The number of carbonyl (C=O) groups is 3. The first-order valence-electron chi connectivity index (χ1n) is 26.5. The molecule has 0 aliphatic carbocycles. The van der Waals surface area contributed by atoms with Crippen molar-refractivity contribution in [2.24, 2.45) is 0 Å². The molecule has 0 aromatic heterocycles. The van der Waals surface area contributed by atoms with Crippen LogP contribution in [0.4, 0.5) is 0 Å². The average Bonchev–Trinajstić information content (AvgIpc) is 3.21. The van der Waals surface area contributed by atoms with Gasteiger partial charge in [-0.2, -0.15) is 0 Å². The average molecular weight is 839 g/mol. The Bertz CT molecular complexity index is 755.